The summed E-state index contributed by atoms with van der Waals surface area (Å²) in [7, 11) is -3.82. The van der Waals surface area contributed by atoms with Gasteiger partial charge in [0.2, 0.25) is 0 Å². The van der Waals surface area contributed by atoms with E-state index in [0.717, 1.165) is 6.92 Å². The van der Waals surface area contributed by atoms with Crippen LogP contribution in [0.2, 0.25) is 0 Å². The molecule has 0 aliphatic carbocycles. The van der Waals surface area contributed by atoms with Crippen molar-refractivity contribution in [2.24, 2.45) is 0 Å². The van der Waals surface area contributed by atoms with Crippen molar-refractivity contribution in [3.05, 3.63) is 0 Å². The minimum absolute atomic E-state index is 0.0229. The number of aliphatic carboxylic acids is 1. The fraction of sp³-hybridized carbons (Fsp3) is 0.714. The van der Waals surface area contributed by atoms with Gasteiger partial charge in [0.05, 0.1) is 0 Å². The molecule has 76 valence electrons. The molecule has 1 atom stereocenters. The number of hydrogen-bond donors (Lipinski definition) is 1. The first-order valence-corrected chi connectivity index (χ1v) is 5.46. The van der Waals surface area contributed by atoms with E-state index in [1.54, 1.807) is 0 Å². The van der Waals surface area contributed by atoms with Gasteiger partial charge < -0.3 is 5.11 Å². The molecular formula is C7H12O5S. The molecule has 0 aliphatic rings. The van der Waals surface area contributed by atoms with Crippen LogP contribution in [-0.2, 0) is 19.4 Å². The third-order valence-corrected chi connectivity index (χ3v) is 3.70. The average molecular weight is 208 g/mol. The van der Waals surface area contributed by atoms with E-state index in [4.69, 9.17) is 5.11 Å². The van der Waals surface area contributed by atoms with Gasteiger partial charge in [-0.25, -0.2) is 8.42 Å². The first-order valence-electron chi connectivity index (χ1n) is 3.75. The van der Waals surface area contributed by atoms with Crippen LogP contribution >= 0.6 is 0 Å². The molecular weight excluding hydrogens is 196 g/mol. The van der Waals surface area contributed by atoms with E-state index in [9.17, 15) is 18.0 Å². The maximum atomic E-state index is 11.2. The number of carboxylic acid groups (broad SMARTS) is 1. The molecule has 1 N–H and O–H groups in total. The number of carbonyl (C=O) groups is 2. The van der Waals surface area contributed by atoms with Crippen molar-refractivity contribution in [3.63, 3.8) is 0 Å². The second kappa shape index (κ2) is 4.36. The molecule has 0 amide bonds. The van der Waals surface area contributed by atoms with Gasteiger partial charge in [-0.3, -0.25) is 9.59 Å². The average Bonchev–Trinajstić information content (AvgIpc) is 1.82. The summed E-state index contributed by atoms with van der Waals surface area (Å²) >= 11 is 0. The smallest absolute Gasteiger partial charge is 0.321 e. The molecule has 0 saturated heterocycles. The third-order valence-electron chi connectivity index (χ3n) is 1.48. The lowest BCUT2D eigenvalue weighted by atomic mass is 10.3. The number of rotatable bonds is 5. The zero-order chi connectivity index (χ0) is 10.6. The van der Waals surface area contributed by atoms with Gasteiger partial charge in [-0.1, -0.05) is 6.92 Å². The lowest BCUT2D eigenvalue weighted by Crippen LogP contribution is -2.33. The summed E-state index contributed by atoms with van der Waals surface area (Å²) in [6, 6.07) is 0. The monoisotopic (exact) mass is 208 g/mol. The van der Waals surface area contributed by atoms with Crippen molar-refractivity contribution in [3.8, 4) is 0 Å². The van der Waals surface area contributed by atoms with Crippen LogP contribution in [0.3, 0.4) is 0 Å². The van der Waals surface area contributed by atoms with E-state index in [1.165, 1.54) is 6.92 Å². The summed E-state index contributed by atoms with van der Waals surface area (Å²) in [6.07, 6.45) is -0.0229. The minimum atomic E-state index is -3.82. The summed E-state index contributed by atoms with van der Waals surface area (Å²) in [5, 5.41) is 7.07. The van der Waals surface area contributed by atoms with Gasteiger partial charge >= 0.3 is 5.97 Å². The van der Waals surface area contributed by atoms with E-state index in [0.29, 0.717) is 0 Å². The minimum Gasteiger partial charge on any atom is -0.480 e. The molecule has 1 unspecified atom stereocenters. The SMILES string of the molecule is CCC(C(=O)O)S(=O)(=O)CC(C)=O. The highest BCUT2D eigenvalue weighted by Gasteiger charge is 2.31. The molecule has 0 aromatic heterocycles. The maximum absolute atomic E-state index is 11.2. The van der Waals surface area contributed by atoms with Crippen molar-refractivity contribution in [1.82, 2.24) is 0 Å². The van der Waals surface area contributed by atoms with Crippen molar-refractivity contribution in [2.45, 2.75) is 25.5 Å². The van der Waals surface area contributed by atoms with Crippen LogP contribution in [-0.4, -0.2) is 36.3 Å². The van der Waals surface area contributed by atoms with Gasteiger partial charge in [0.25, 0.3) is 0 Å². The Hall–Kier alpha value is -0.910. The normalized spacial score (nSPS) is 13.7. The standard InChI is InChI=1S/C7H12O5S/c1-3-6(7(9)10)13(11,12)4-5(2)8/h6H,3-4H2,1-2H3,(H,9,10). The Bertz CT molecular complexity index is 303. The Morgan fingerprint density at radius 3 is 2.08 bits per heavy atom. The van der Waals surface area contributed by atoms with Crippen LogP contribution in [0, 0.1) is 0 Å². The molecule has 6 heteroatoms. The molecule has 0 saturated carbocycles. The lowest BCUT2D eigenvalue weighted by molar-refractivity contribution is -0.136. The number of carboxylic acids is 1. The van der Waals surface area contributed by atoms with Crippen LogP contribution in [0.25, 0.3) is 0 Å². The first-order chi connectivity index (χ1) is 5.81. The molecule has 0 aliphatic heterocycles. The summed E-state index contributed by atoms with van der Waals surface area (Å²) in [5.74, 6) is -2.64. The zero-order valence-corrected chi connectivity index (χ0v) is 8.30. The molecule has 0 heterocycles. The van der Waals surface area contributed by atoms with Crippen LogP contribution in [0.1, 0.15) is 20.3 Å². The van der Waals surface area contributed by atoms with Crippen molar-refractivity contribution >= 4 is 21.6 Å². The molecule has 0 fully saturated rings. The van der Waals surface area contributed by atoms with Gasteiger partial charge in [-0.2, -0.15) is 0 Å². The lowest BCUT2D eigenvalue weighted by Gasteiger charge is -2.08. The predicted molar refractivity (Wildman–Crippen MR) is 46.2 cm³/mol. The van der Waals surface area contributed by atoms with Gasteiger partial charge in [0.1, 0.15) is 11.5 Å². The number of hydrogen-bond acceptors (Lipinski definition) is 4. The van der Waals surface area contributed by atoms with E-state index in [2.05, 4.69) is 0 Å². The second-order valence-electron chi connectivity index (χ2n) is 2.74. The highest BCUT2D eigenvalue weighted by Crippen LogP contribution is 2.07. The Morgan fingerprint density at radius 2 is 1.85 bits per heavy atom. The van der Waals surface area contributed by atoms with Crippen molar-refractivity contribution < 1.29 is 23.1 Å². The van der Waals surface area contributed by atoms with E-state index in [1.807, 2.05) is 0 Å². The van der Waals surface area contributed by atoms with E-state index in [-0.39, 0.29) is 6.42 Å². The van der Waals surface area contributed by atoms with Gasteiger partial charge in [0, 0.05) is 0 Å². The third kappa shape index (κ3) is 3.54. The molecule has 0 aromatic rings. The highest BCUT2D eigenvalue weighted by molar-refractivity contribution is 7.93. The van der Waals surface area contributed by atoms with Crippen molar-refractivity contribution in [1.29, 1.82) is 0 Å². The Morgan fingerprint density at radius 1 is 1.38 bits per heavy atom. The molecule has 0 aromatic carbocycles. The second-order valence-corrected chi connectivity index (χ2v) is 4.93. The summed E-state index contributed by atoms with van der Waals surface area (Å²) in [6.45, 7) is 2.57. The fourth-order valence-electron chi connectivity index (χ4n) is 0.966. The topological polar surface area (TPSA) is 88.5 Å². The Labute approximate surface area is 76.7 Å². The summed E-state index contributed by atoms with van der Waals surface area (Å²) in [5.41, 5.74) is 0. The molecule has 0 rings (SSSR count). The fourth-order valence-corrected chi connectivity index (χ4v) is 2.55. The van der Waals surface area contributed by atoms with E-state index >= 15 is 0 Å². The molecule has 13 heavy (non-hydrogen) atoms. The highest BCUT2D eigenvalue weighted by atomic mass is 32.2. The molecule has 0 spiro atoms. The zero-order valence-electron chi connectivity index (χ0n) is 7.48. The Kier molecular flexibility index (Phi) is 4.06. The number of carbonyl (C=O) groups excluding carboxylic acids is 1. The first kappa shape index (κ1) is 12.1. The Balaban J connectivity index is 4.79. The summed E-state index contributed by atoms with van der Waals surface area (Å²) < 4.78 is 22.4. The molecule has 0 bridgehead atoms. The number of ketones is 1. The molecule has 5 nitrogen and oxygen atoms in total. The van der Waals surface area contributed by atoms with Gasteiger partial charge in [-0.15, -0.1) is 0 Å². The largest absolute Gasteiger partial charge is 0.480 e. The quantitative estimate of drug-likeness (QED) is 0.679. The van der Waals surface area contributed by atoms with E-state index < -0.39 is 32.6 Å². The van der Waals surface area contributed by atoms with Gasteiger partial charge in [-0.05, 0) is 13.3 Å². The summed E-state index contributed by atoms with van der Waals surface area (Å²) in [4.78, 5) is 21.0. The van der Waals surface area contributed by atoms with Crippen LogP contribution in [0.4, 0.5) is 0 Å². The number of Topliss-reactive ketones (excluding diaryl/α,β-unsaturated/α-hetero) is 1. The van der Waals surface area contributed by atoms with Crippen LogP contribution in [0.5, 0.6) is 0 Å². The van der Waals surface area contributed by atoms with Crippen LogP contribution < -0.4 is 0 Å². The van der Waals surface area contributed by atoms with Crippen molar-refractivity contribution in [2.75, 3.05) is 5.75 Å². The van der Waals surface area contributed by atoms with Gasteiger partial charge in [0.15, 0.2) is 15.1 Å². The predicted octanol–water partition coefficient (Wildman–Crippen LogP) is -0.147. The van der Waals surface area contributed by atoms with Crippen LogP contribution in [0.15, 0.2) is 0 Å². The maximum Gasteiger partial charge on any atom is 0.321 e. The molecule has 0 radical (unpaired) electrons. The number of sulfone groups is 1.